The predicted molar refractivity (Wildman–Crippen MR) is 73.4 cm³/mol. The van der Waals surface area contributed by atoms with Crippen molar-refractivity contribution in [1.82, 2.24) is 0 Å². The fourth-order valence-corrected chi connectivity index (χ4v) is 1.94. The van der Waals surface area contributed by atoms with Gasteiger partial charge in [-0.2, -0.15) is 0 Å². The first-order valence-corrected chi connectivity index (χ1v) is 6.03. The molecule has 0 saturated carbocycles. The second-order valence-corrected chi connectivity index (χ2v) is 4.51. The zero-order valence-corrected chi connectivity index (χ0v) is 11.1. The number of nitrogens with one attached hydrogen (secondary N) is 1. The summed E-state index contributed by atoms with van der Waals surface area (Å²) in [4.78, 5) is 36.2. The molecule has 0 saturated heterocycles. The Kier molecular flexibility index (Phi) is 3.56. The van der Waals surface area contributed by atoms with E-state index in [0.29, 0.717) is 11.4 Å². The van der Waals surface area contributed by atoms with Gasteiger partial charge >= 0.3 is 5.97 Å². The molecule has 2 rings (SSSR count). The summed E-state index contributed by atoms with van der Waals surface area (Å²) in [7, 11) is 0. The summed E-state index contributed by atoms with van der Waals surface area (Å²) < 4.78 is 0. The van der Waals surface area contributed by atoms with E-state index < -0.39 is 11.9 Å². The molecule has 0 bridgehead atoms. The van der Waals surface area contributed by atoms with E-state index in [1.807, 2.05) is 0 Å². The summed E-state index contributed by atoms with van der Waals surface area (Å²) in [5.41, 5.74) is 1.19. The highest BCUT2D eigenvalue weighted by Gasteiger charge is 2.28. The second-order valence-electron chi connectivity index (χ2n) is 4.51. The maximum Gasteiger partial charge on any atom is 0.331 e. The Morgan fingerprint density at radius 1 is 1.20 bits per heavy atom. The normalized spacial score (nSPS) is 15.1. The van der Waals surface area contributed by atoms with Crippen molar-refractivity contribution >= 4 is 29.2 Å². The van der Waals surface area contributed by atoms with E-state index in [0.717, 1.165) is 0 Å². The van der Waals surface area contributed by atoms with Crippen LogP contribution in [0.5, 0.6) is 0 Å². The average Bonchev–Trinajstić information content (AvgIpc) is 2.43. The first-order chi connectivity index (χ1) is 9.41. The van der Waals surface area contributed by atoms with Crippen molar-refractivity contribution in [2.45, 2.75) is 13.8 Å². The summed E-state index contributed by atoms with van der Waals surface area (Å²) in [5.74, 6) is -1.93. The number of benzene rings is 1. The van der Waals surface area contributed by atoms with Crippen LogP contribution >= 0.6 is 0 Å². The highest BCUT2D eigenvalue weighted by molar-refractivity contribution is 6.16. The van der Waals surface area contributed by atoms with Crippen LogP contribution in [-0.2, 0) is 14.4 Å². The predicted octanol–water partition coefficient (Wildman–Crippen LogP) is 1.39. The number of para-hydroxylation sites is 2. The van der Waals surface area contributed by atoms with Crippen LogP contribution in [-0.4, -0.2) is 29.4 Å². The van der Waals surface area contributed by atoms with Gasteiger partial charge in [0.15, 0.2) is 0 Å². The number of carbonyl (C=O) groups excluding carboxylic acids is 2. The van der Waals surface area contributed by atoms with E-state index in [9.17, 15) is 14.4 Å². The maximum absolute atomic E-state index is 12.4. The minimum Gasteiger partial charge on any atom is -0.478 e. The van der Waals surface area contributed by atoms with Gasteiger partial charge in [0.1, 0.15) is 6.54 Å². The van der Waals surface area contributed by atoms with E-state index in [4.69, 9.17) is 5.11 Å². The first kappa shape index (κ1) is 13.8. The van der Waals surface area contributed by atoms with E-state index in [2.05, 4.69) is 5.32 Å². The first-order valence-electron chi connectivity index (χ1n) is 6.03. The Hall–Kier alpha value is -2.63. The van der Waals surface area contributed by atoms with Gasteiger partial charge in [0.25, 0.3) is 5.91 Å². The van der Waals surface area contributed by atoms with Crippen LogP contribution in [0, 0.1) is 0 Å². The molecule has 1 aromatic rings. The summed E-state index contributed by atoms with van der Waals surface area (Å²) in [6.07, 6.45) is 0. The Balaban J connectivity index is 2.44. The smallest absolute Gasteiger partial charge is 0.331 e. The fraction of sp³-hybridized carbons (Fsp3) is 0.214. The highest BCUT2D eigenvalue weighted by atomic mass is 16.4. The van der Waals surface area contributed by atoms with Crippen molar-refractivity contribution in [2.75, 3.05) is 16.8 Å². The molecule has 1 aliphatic heterocycles. The minimum atomic E-state index is -1.15. The number of nitrogens with zero attached hydrogens (tertiary/aromatic N) is 1. The maximum atomic E-state index is 12.4. The van der Waals surface area contributed by atoms with E-state index in [-0.39, 0.29) is 23.6 Å². The monoisotopic (exact) mass is 274 g/mol. The molecule has 1 aromatic carbocycles. The van der Waals surface area contributed by atoms with Crippen molar-refractivity contribution in [3.63, 3.8) is 0 Å². The standard InChI is InChI=1S/C14H14N2O4/c1-8(9(2)14(19)20)13(18)16-7-12(17)15-10-5-3-4-6-11(10)16/h3-6H,7H2,1-2H3,(H,15,17)(H,19,20). The molecule has 0 unspecified atom stereocenters. The van der Waals surface area contributed by atoms with Gasteiger partial charge in [-0.3, -0.25) is 14.5 Å². The number of amides is 2. The van der Waals surface area contributed by atoms with E-state index >= 15 is 0 Å². The molecule has 1 heterocycles. The van der Waals surface area contributed by atoms with Gasteiger partial charge in [0.05, 0.1) is 11.4 Å². The molecule has 0 aromatic heterocycles. The number of carbonyl (C=O) groups is 3. The molecule has 2 N–H and O–H groups in total. The van der Waals surface area contributed by atoms with Crippen molar-refractivity contribution in [3.8, 4) is 0 Å². The molecule has 0 radical (unpaired) electrons. The largest absolute Gasteiger partial charge is 0.478 e. The quantitative estimate of drug-likeness (QED) is 0.798. The Bertz CT molecular complexity index is 634. The number of carboxylic acids is 1. The summed E-state index contributed by atoms with van der Waals surface area (Å²) in [5, 5.41) is 11.6. The molecular weight excluding hydrogens is 260 g/mol. The van der Waals surface area contributed by atoms with Gasteiger partial charge in [0.2, 0.25) is 5.91 Å². The zero-order chi connectivity index (χ0) is 14.9. The van der Waals surface area contributed by atoms with Crippen LogP contribution in [0.25, 0.3) is 0 Å². The molecular formula is C14H14N2O4. The third kappa shape index (κ3) is 2.40. The summed E-state index contributed by atoms with van der Waals surface area (Å²) >= 11 is 0. The molecule has 104 valence electrons. The number of aliphatic carboxylic acids is 1. The lowest BCUT2D eigenvalue weighted by Gasteiger charge is -2.29. The van der Waals surface area contributed by atoms with E-state index in [1.54, 1.807) is 24.3 Å². The van der Waals surface area contributed by atoms with Crippen LogP contribution in [0.1, 0.15) is 13.8 Å². The zero-order valence-electron chi connectivity index (χ0n) is 11.1. The van der Waals surface area contributed by atoms with Crippen LogP contribution < -0.4 is 10.2 Å². The van der Waals surface area contributed by atoms with Crippen LogP contribution in [0.15, 0.2) is 35.4 Å². The molecule has 6 nitrogen and oxygen atoms in total. The van der Waals surface area contributed by atoms with Gasteiger partial charge in [-0.1, -0.05) is 12.1 Å². The highest BCUT2D eigenvalue weighted by Crippen LogP contribution is 2.30. The third-order valence-corrected chi connectivity index (χ3v) is 3.22. The minimum absolute atomic E-state index is 0.0292. The molecule has 2 amide bonds. The molecule has 1 aliphatic rings. The summed E-state index contributed by atoms with van der Waals surface area (Å²) in [6, 6.07) is 6.89. The van der Waals surface area contributed by atoms with Gasteiger partial charge in [-0.05, 0) is 26.0 Å². The topological polar surface area (TPSA) is 86.7 Å². The molecule has 6 heteroatoms. The number of fused-ring (bicyclic) bond motifs is 1. The Morgan fingerprint density at radius 2 is 1.85 bits per heavy atom. The Morgan fingerprint density at radius 3 is 2.50 bits per heavy atom. The van der Waals surface area contributed by atoms with Gasteiger partial charge in [0, 0.05) is 11.1 Å². The number of anilines is 2. The SMILES string of the molecule is CC(C(=O)O)=C(C)C(=O)N1CC(=O)Nc2ccccc21. The second kappa shape index (κ2) is 5.16. The number of hydrogen-bond donors (Lipinski definition) is 2. The molecule has 0 aliphatic carbocycles. The lowest BCUT2D eigenvalue weighted by Crippen LogP contribution is -2.42. The van der Waals surface area contributed by atoms with Gasteiger partial charge < -0.3 is 10.4 Å². The molecule has 0 atom stereocenters. The lowest BCUT2D eigenvalue weighted by molar-refractivity contribution is -0.133. The van der Waals surface area contributed by atoms with Crippen molar-refractivity contribution in [1.29, 1.82) is 0 Å². The fourth-order valence-electron chi connectivity index (χ4n) is 1.94. The number of carboxylic acid groups (broad SMARTS) is 1. The van der Waals surface area contributed by atoms with Crippen LogP contribution in [0.2, 0.25) is 0 Å². The average molecular weight is 274 g/mol. The summed E-state index contributed by atoms with van der Waals surface area (Å²) in [6.45, 7) is 2.69. The van der Waals surface area contributed by atoms with Gasteiger partial charge in [-0.15, -0.1) is 0 Å². The van der Waals surface area contributed by atoms with Crippen LogP contribution in [0.3, 0.4) is 0 Å². The van der Waals surface area contributed by atoms with Crippen molar-refractivity contribution < 1.29 is 19.5 Å². The number of hydrogen-bond acceptors (Lipinski definition) is 3. The van der Waals surface area contributed by atoms with Gasteiger partial charge in [-0.25, -0.2) is 4.79 Å². The van der Waals surface area contributed by atoms with E-state index in [1.165, 1.54) is 18.7 Å². The Labute approximate surface area is 115 Å². The molecule has 0 fully saturated rings. The third-order valence-electron chi connectivity index (χ3n) is 3.22. The number of rotatable bonds is 2. The van der Waals surface area contributed by atoms with Crippen molar-refractivity contribution in [3.05, 3.63) is 35.4 Å². The lowest BCUT2D eigenvalue weighted by atomic mass is 10.1. The van der Waals surface area contributed by atoms with Crippen LogP contribution in [0.4, 0.5) is 11.4 Å². The molecule has 0 spiro atoms. The molecule has 20 heavy (non-hydrogen) atoms. The van der Waals surface area contributed by atoms with Crippen molar-refractivity contribution in [2.24, 2.45) is 0 Å².